The summed E-state index contributed by atoms with van der Waals surface area (Å²) in [6, 6.07) is 0. The highest BCUT2D eigenvalue weighted by Gasteiger charge is 2.12. The van der Waals surface area contributed by atoms with Crippen LogP contribution < -0.4 is 0 Å². The minimum absolute atomic E-state index is 0.322. The second kappa shape index (κ2) is 5.48. The van der Waals surface area contributed by atoms with Crippen molar-refractivity contribution in [1.29, 1.82) is 0 Å². The fourth-order valence-electron chi connectivity index (χ4n) is 1.35. The minimum Gasteiger partial charge on any atom is -0.481 e. The van der Waals surface area contributed by atoms with E-state index in [-0.39, 0.29) is 5.92 Å². The van der Waals surface area contributed by atoms with E-state index in [0.29, 0.717) is 12.8 Å². The Morgan fingerprint density at radius 3 is 3.00 bits per heavy atom. The predicted molar refractivity (Wildman–Crippen MR) is 55.4 cm³/mol. The standard InChI is InChI=1S/C10H17N3O2/c1-3-6-13-9(11-7-12-13)5-4-8(2)10(14)15/h7-8H,3-6H2,1-2H3,(H,14,15). The van der Waals surface area contributed by atoms with Gasteiger partial charge in [-0.05, 0) is 12.8 Å². The van der Waals surface area contributed by atoms with Crippen molar-refractivity contribution in [1.82, 2.24) is 14.8 Å². The molecule has 1 heterocycles. The van der Waals surface area contributed by atoms with Gasteiger partial charge in [-0.2, -0.15) is 5.10 Å². The molecule has 15 heavy (non-hydrogen) atoms. The molecule has 1 rings (SSSR count). The lowest BCUT2D eigenvalue weighted by atomic mass is 10.1. The Morgan fingerprint density at radius 2 is 2.40 bits per heavy atom. The van der Waals surface area contributed by atoms with Gasteiger partial charge in [0.1, 0.15) is 12.2 Å². The van der Waals surface area contributed by atoms with Gasteiger partial charge in [-0.1, -0.05) is 13.8 Å². The Hall–Kier alpha value is -1.39. The number of aromatic nitrogens is 3. The summed E-state index contributed by atoms with van der Waals surface area (Å²) in [6.07, 6.45) is 3.81. The van der Waals surface area contributed by atoms with E-state index in [9.17, 15) is 4.79 Å². The van der Waals surface area contributed by atoms with Crippen molar-refractivity contribution < 1.29 is 9.90 Å². The lowest BCUT2D eigenvalue weighted by Crippen LogP contribution is -2.12. The fourth-order valence-corrected chi connectivity index (χ4v) is 1.35. The van der Waals surface area contributed by atoms with E-state index in [1.807, 2.05) is 4.68 Å². The molecule has 0 aliphatic rings. The van der Waals surface area contributed by atoms with Crippen LogP contribution in [0.2, 0.25) is 0 Å². The van der Waals surface area contributed by atoms with Gasteiger partial charge in [-0.15, -0.1) is 0 Å². The molecule has 5 nitrogen and oxygen atoms in total. The van der Waals surface area contributed by atoms with Gasteiger partial charge < -0.3 is 5.11 Å². The molecule has 0 bridgehead atoms. The molecule has 0 fully saturated rings. The van der Waals surface area contributed by atoms with Crippen molar-refractivity contribution >= 4 is 5.97 Å². The third-order valence-electron chi connectivity index (χ3n) is 2.35. The van der Waals surface area contributed by atoms with Crippen LogP contribution in [0.25, 0.3) is 0 Å². The highest BCUT2D eigenvalue weighted by atomic mass is 16.4. The molecule has 0 radical (unpaired) electrons. The topological polar surface area (TPSA) is 68.0 Å². The Bertz CT molecular complexity index is 322. The van der Waals surface area contributed by atoms with Crippen molar-refractivity contribution in [2.24, 2.45) is 5.92 Å². The lowest BCUT2D eigenvalue weighted by Gasteiger charge is -2.06. The molecule has 1 atom stereocenters. The second-order valence-electron chi connectivity index (χ2n) is 3.68. The highest BCUT2D eigenvalue weighted by molar-refractivity contribution is 5.69. The SMILES string of the molecule is CCCn1ncnc1CCC(C)C(=O)O. The van der Waals surface area contributed by atoms with E-state index in [1.54, 1.807) is 6.92 Å². The molecule has 84 valence electrons. The van der Waals surface area contributed by atoms with E-state index in [0.717, 1.165) is 18.8 Å². The smallest absolute Gasteiger partial charge is 0.306 e. The van der Waals surface area contributed by atoms with Crippen molar-refractivity contribution in [3.8, 4) is 0 Å². The zero-order valence-electron chi connectivity index (χ0n) is 9.18. The van der Waals surface area contributed by atoms with E-state index in [2.05, 4.69) is 17.0 Å². The summed E-state index contributed by atoms with van der Waals surface area (Å²) in [5.41, 5.74) is 0. The zero-order valence-corrected chi connectivity index (χ0v) is 9.18. The summed E-state index contributed by atoms with van der Waals surface area (Å²) in [6.45, 7) is 4.63. The van der Waals surface area contributed by atoms with Gasteiger partial charge in [0.25, 0.3) is 0 Å². The third kappa shape index (κ3) is 3.34. The van der Waals surface area contributed by atoms with Crippen LogP contribution in [0.3, 0.4) is 0 Å². The monoisotopic (exact) mass is 211 g/mol. The number of carboxylic acids is 1. The molecule has 0 saturated heterocycles. The van der Waals surface area contributed by atoms with Crippen LogP contribution in [0.4, 0.5) is 0 Å². The van der Waals surface area contributed by atoms with E-state index < -0.39 is 5.97 Å². The first-order valence-electron chi connectivity index (χ1n) is 5.24. The van der Waals surface area contributed by atoms with Crippen LogP contribution in [0.5, 0.6) is 0 Å². The molecule has 1 aromatic rings. The number of hydrogen-bond donors (Lipinski definition) is 1. The number of hydrogen-bond acceptors (Lipinski definition) is 3. The van der Waals surface area contributed by atoms with Crippen molar-refractivity contribution in [3.63, 3.8) is 0 Å². The number of rotatable bonds is 6. The number of carbonyl (C=O) groups is 1. The van der Waals surface area contributed by atoms with Crippen molar-refractivity contribution in [2.45, 2.75) is 39.7 Å². The van der Waals surface area contributed by atoms with Crippen LogP contribution in [-0.2, 0) is 17.8 Å². The zero-order chi connectivity index (χ0) is 11.3. The Morgan fingerprint density at radius 1 is 1.67 bits per heavy atom. The summed E-state index contributed by atoms with van der Waals surface area (Å²) in [7, 11) is 0. The fraction of sp³-hybridized carbons (Fsp3) is 0.700. The maximum Gasteiger partial charge on any atom is 0.306 e. The molecule has 0 aliphatic carbocycles. The quantitative estimate of drug-likeness (QED) is 0.771. The van der Waals surface area contributed by atoms with Crippen molar-refractivity contribution in [3.05, 3.63) is 12.2 Å². The van der Waals surface area contributed by atoms with Gasteiger partial charge in [-0.25, -0.2) is 4.98 Å². The number of carboxylic acid groups (broad SMARTS) is 1. The van der Waals surface area contributed by atoms with Crippen LogP contribution in [-0.4, -0.2) is 25.8 Å². The highest BCUT2D eigenvalue weighted by Crippen LogP contribution is 2.07. The predicted octanol–water partition coefficient (Wildman–Crippen LogP) is 1.34. The molecule has 0 amide bonds. The van der Waals surface area contributed by atoms with Gasteiger partial charge in [0.2, 0.25) is 0 Å². The molecule has 1 unspecified atom stereocenters. The van der Waals surface area contributed by atoms with E-state index >= 15 is 0 Å². The molecule has 0 aromatic carbocycles. The van der Waals surface area contributed by atoms with E-state index in [1.165, 1.54) is 6.33 Å². The molecule has 1 aromatic heterocycles. The maximum atomic E-state index is 10.6. The molecule has 1 N–H and O–H groups in total. The van der Waals surface area contributed by atoms with Crippen LogP contribution in [0.15, 0.2) is 6.33 Å². The average molecular weight is 211 g/mol. The van der Waals surface area contributed by atoms with Gasteiger partial charge in [0, 0.05) is 13.0 Å². The lowest BCUT2D eigenvalue weighted by molar-refractivity contribution is -0.141. The number of aliphatic carboxylic acids is 1. The Kier molecular flexibility index (Phi) is 4.27. The summed E-state index contributed by atoms with van der Waals surface area (Å²) < 4.78 is 1.84. The summed E-state index contributed by atoms with van der Waals surface area (Å²) in [4.78, 5) is 14.8. The average Bonchev–Trinajstić information content (AvgIpc) is 2.62. The van der Waals surface area contributed by atoms with Gasteiger partial charge >= 0.3 is 5.97 Å². The molecule has 0 aliphatic heterocycles. The Labute approximate surface area is 89.1 Å². The minimum atomic E-state index is -0.753. The molecule has 0 spiro atoms. The summed E-state index contributed by atoms with van der Waals surface area (Å²) >= 11 is 0. The van der Waals surface area contributed by atoms with Gasteiger partial charge in [-0.3, -0.25) is 9.48 Å². The molecular weight excluding hydrogens is 194 g/mol. The van der Waals surface area contributed by atoms with Gasteiger partial charge in [0.05, 0.1) is 5.92 Å². The maximum absolute atomic E-state index is 10.6. The van der Waals surface area contributed by atoms with Crippen LogP contribution in [0, 0.1) is 5.92 Å². The first kappa shape index (κ1) is 11.7. The largest absolute Gasteiger partial charge is 0.481 e. The first-order valence-corrected chi connectivity index (χ1v) is 5.24. The summed E-state index contributed by atoms with van der Waals surface area (Å²) in [5.74, 6) is -0.196. The van der Waals surface area contributed by atoms with Gasteiger partial charge in [0.15, 0.2) is 0 Å². The Balaban J connectivity index is 2.49. The van der Waals surface area contributed by atoms with Crippen LogP contribution in [0.1, 0.15) is 32.5 Å². The summed E-state index contributed by atoms with van der Waals surface area (Å²) in [5, 5.41) is 12.8. The normalized spacial score (nSPS) is 12.7. The third-order valence-corrected chi connectivity index (χ3v) is 2.35. The molecular formula is C10H17N3O2. The van der Waals surface area contributed by atoms with Crippen LogP contribution >= 0.6 is 0 Å². The second-order valence-corrected chi connectivity index (χ2v) is 3.68. The number of nitrogens with zero attached hydrogens (tertiary/aromatic N) is 3. The number of aryl methyl sites for hydroxylation is 2. The molecule has 0 saturated carbocycles. The molecule has 5 heteroatoms. The van der Waals surface area contributed by atoms with E-state index in [4.69, 9.17) is 5.11 Å². The first-order chi connectivity index (χ1) is 7.15. The van der Waals surface area contributed by atoms with Crippen molar-refractivity contribution in [2.75, 3.05) is 0 Å².